The lowest BCUT2D eigenvalue weighted by molar-refractivity contribution is 0.190. The van der Waals surface area contributed by atoms with E-state index >= 15 is 0 Å². The summed E-state index contributed by atoms with van der Waals surface area (Å²) in [5.41, 5.74) is 2.07. The molecule has 0 bridgehead atoms. The fourth-order valence-electron chi connectivity index (χ4n) is 2.64. The van der Waals surface area contributed by atoms with Crippen molar-refractivity contribution in [2.45, 2.75) is 13.0 Å². The lowest BCUT2D eigenvalue weighted by Gasteiger charge is -2.30. The molecule has 3 aromatic heterocycles. The molecule has 0 saturated carbocycles. The van der Waals surface area contributed by atoms with Crippen LogP contribution in [0.2, 0.25) is 0 Å². The van der Waals surface area contributed by atoms with Crippen molar-refractivity contribution in [3.63, 3.8) is 0 Å². The standard InChI is InChI=1S/C14H16N6O2.ClH/c1-8-10-5-9(6-16-14(10)22-18-8)13-17-12(19-21-13)11-7-15-3-4-20(11)2;/h5-6,11,15H,3-4,7H2,1-2H3;1H. The predicted octanol–water partition coefficient (Wildman–Crippen LogP) is 1.58. The van der Waals surface area contributed by atoms with Crippen LogP contribution in [0.1, 0.15) is 17.6 Å². The first-order valence-electron chi connectivity index (χ1n) is 7.19. The third-order valence-corrected chi connectivity index (χ3v) is 4.01. The van der Waals surface area contributed by atoms with Gasteiger partial charge in [0.1, 0.15) is 0 Å². The zero-order valence-electron chi connectivity index (χ0n) is 12.8. The molecule has 8 nitrogen and oxygen atoms in total. The van der Waals surface area contributed by atoms with Crippen LogP contribution >= 0.6 is 12.4 Å². The summed E-state index contributed by atoms with van der Waals surface area (Å²) in [6.07, 6.45) is 1.66. The average Bonchev–Trinajstić information content (AvgIpc) is 3.15. The Morgan fingerprint density at radius 3 is 3.00 bits per heavy atom. The first-order chi connectivity index (χ1) is 10.7. The van der Waals surface area contributed by atoms with Crippen LogP contribution in [0.15, 0.2) is 21.3 Å². The lowest BCUT2D eigenvalue weighted by atomic mass is 10.2. The third kappa shape index (κ3) is 2.80. The largest absolute Gasteiger partial charge is 0.336 e. The molecule has 9 heteroatoms. The monoisotopic (exact) mass is 336 g/mol. The first kappa shape index (κ1) is 15.9. The van der Waals surface area contributed by atoms with Gasteiger partial charge in [-0.15, -0.1) is 12.4 Å². The summed E-state index contributed by atoms with van der Waals surface area (Å²) in [6.45, 7) is 4.63. The van der Waals surface area contributed by atoms with E-state index in [0.29, 0.717) is 17.4 Å². The molecule has 4 heterocycles. The number of halogens is 1. The fraction of sp³-hybridized carbons (Fsp3) is 0.429. The Morgan fingerprint density at radius 2 is 2.17 bits per heavy atom. The summed E-state index contributed by atoms with van der Waals surface area (Å²) in [7, 11) is 2.07. The number of likely N-dealkylation sites (N-methyl/N-ethyl adjacent to an activating group) is 1. The number of hydrogen-bond acceptors (Lipinski definition) is 8. The van der Waals surface area contributed by atoms with Gasteiger partial charge in [0.05, 0.1) is 22.7 Å². The van der Waals surface area contributed by atoms with E-state index in [1.54, 1.807) is 6.20 Å². The second-order valence-electron chi connectivity index (χ2n) is 5.50. The molecular weight excluding hydrogens is 320 g/mol. The van der Waals surface area contributed by atoms with Crippen molar-refractivity contribution >= 4 is 23.5 Å². The Bertz CT molecular complexity index is 817. The van der Waals surface area contributed by atoms with Crippen LogP contribution in [0.5, 0.6) is 0 Å². The summed E-state index contributed by atoms with van der Waals surface area (Å²) in [6, 6.07) is 2.04. The van der Waals surface area contributed by atoms with Gasteiger partial charge in [-0.2, -0.15) is 4.98 Å². The zero-order valence-corrected chi connectivity index (χ0v) is 13.6. The van der Waals surface area contributed by atoms with Gasteiger partial charge in [-0.3, -0.25) is 4.90 Å². The summed E-state index contributed by atoms with van der Waals surface area (Å²) in [5, 5.41) is 12.2. The molecule has 0 aliphatic carbocycles. The van der Waals surface area contributed by atoms with Gasteiger partial charge in [0.2, 0.25) is 0 Å². The molecule has 1 aliphatic heterocycles. The smallest absolute Gasteiger partial charge is 0.259 e. The van der Waals surface area contributed by atoms with E-state index in [4.69, 9.17) is 9.05 Å². The van der Waals surface area contributed by atoms with E-state index in [9.17, 15) is 0 Å². The van der Waals surface area contributed by atoms with E-state index in [0.717, 1.165) is 36.3 Å². The molecule has 1 atom stereocenters. The fourth-order valence-corrected chi connectivity index (χ4v) is 2.64. The van der Waals surface area contributed by atoms with E-state index in [-0.39, 0.29) is 18.4 Å². The van der Waals surface area contributed by atoms with E-state index < -0.39 is 0 Å². The Labute approximate surface area is 138 Å². The Morgan fingerprint density at radius 1 is 1.30 bits per heavy atom. The van der Waals surface area contributed by atoms with Gasteiger partial charge in [0.15, 0.2) is 5.82 Å². The van der Waals surface area contributed by atoms with Crippen molar-refractivity contribution in [3.8, 4) is 11.5 Å². The quantitative estimate of drug-likeness (QED) is 0.754. The normalized spacial score (nSPS) is 19.0. The van der Waals surface area contributed by atoms with Crippen molar-refractivity contribution in [3.05, 3.63) is 23.8 Å². The molecule has 4 rings (SSSR count). The highest BCUT2D eigenvalue weighted by Gasteiger charge is 2.25. The molecule has 0 amide bonds. The maximum Gasteiger partial charge on any atom is 0.259 e. The first-order valence-corrected chi connectivity index (χ1v) is 7.19. The minimum Gasteiger partial charge on any atom is -0.336 e. The number of piperazine rings is 1. The number of rotatable bonds is 2. The third-order valence-electron chi connectivity index (χ3n) is 4.01. The number of pyridine rings is 1. The SMILES string of the molecule is Cc1noc2ncc(-c3nc(C4CNCCN4C)no3)cc12.Cl. The van der Waals surface area contributed by atoms with Crippen molar-refractivity contribution in [1.82, 2.24) is 30.5 Å². The molecule has 23 heavy (non-hydrogen) atoms. The molecule has 1 fully saturated rings. The van der Waals surface area contributed by atoms with E-state index in [1.165, 1.54) is 0 Å². The van der Waals surface area contributed by atoms with E-state index in [1.807, 2.05) is 13.0 Å². The lowest BCUT2D eigenvalue weighted by Crippen LogP contribution is -2.44. The number of fused-ring (bicyclic) bond motifs is 1. The van der Waals surface area contributed by atoms with Gasteiger partial charge in [0.25, 0.3) is 11.6 Å². The van der Waals surface area contributed by atoms with Crippen molar-refractivity contribution < 1.29 is 9.05 Å². The van der Waals surface area contributed by atoms with Gasteiger partial charge < -0.3 is 14.4 Å². The van der Waals surface area contributed by atoms with Gasteiger partial charge >= 0.3 is 0 Å². The summed E-state index contributed by atoms with van der Waals surface area (Å²) < 4.78 is 10.5. The van der Waals surface area contributed by atoms with Gasteiger partial charge in [-0.05, 0) is 20.0 Å². The highest BCUT2D eigenvalue weighted by atomic mass is 35.5. The molecule has 1 N–H and O–H groups in total. The van der Waals surface area contributed by atoms with Crippen LogP contribution in [0.25, 0.3) is 22.6 Å². The number of hydrogen-bond donors (Lipinski definition) is 1. The number of nitrogens with zero attached hydrogens (tertiary/aromatic N) is 5. The van der Waals surface area contributed by atoms with Crippen LogP contribution in [0.3, 0.4) is 0 Å². The van der Waals surface area contributed by atoms with Gasteiger partial charge in [-0.25, -0.2) is 4.98 Å². The summed E-state index contributed by atoms with van der Waals surface area (Å²) >= 11 is 0. The molecule has 0 spiro atoms. The average molecular weight is 337 g/mol. The van der Waals surface area contributed by atoms with Crippen LogP contribution in [0, 0.1) is 6.92 Å². The molecule has 122 valence electrons. The summed E-state index contributed by atoms with van der Waals surface area (Å²) in [4.78, 5) is 11.0. The maximum absolute atomic E-state index is 5.41. The van der Waals surface area contributed by atoms with E-state index in [2.05, 4.69) is 37.5 Å². The molecule has 0 aromatic carbocycles. The Hall–Kier alpha value is -2.03. The number of aryl methyl sites for hydroxylation is 1. The molecule has 0 radical (unpaired) electrons. The Balaban J connectivity index is 0.00000156. The number of aromatic nitrogens is 4. The van der Waals surface area contributed by atoms with Crippen LogP contribution in [-0.2, 0) is 0 Å². The maximum atomic E-state index is 5.41. The van der Waals surface area contributed by atoms with Crippen molar-refractivity contribution in [2.24, 2.45) is 0 Å². The molecular formula is C14H17ClN6O2. The van der Waals surface area contributed by atoms with Gasteiger partial charge in [-0.1, -0.05) is 10.3 Å². The second-order valence-corrected chi connectivity index (χ2v) is 5.50. The molecule has 1 unspecified atom stereocenters. The van der Waals surface area contributed by atoms with Crippen molar-refractivity contribution in [1.29, 1.82) is 0 Å². The van der Waals surface area contributed by atoms with Gasteiger partial charge in [0, 0.05) is 25.8 Å². The topological polar surface area (TPSA) is 93.1 Å². The minimum absolute atomic E-state index is 0. The molecule has 1 aliphatic rings. The zero-order chi connectivity index (χ0) is 15.1. The molecule has 3 aromatic rings. The van der Waals surface area contributed by atoms with Crippen molar-refractivity contribution in [2.75, 3.05) is 26.7 Å². The highest BCUT2D eigenvalue weighted by Crippen LogP contribution is 2.25. The second kappa shape index (κ2) is 6.23. The Kier molecular flexibility index (Phi) is 4.29. The molecule has 1 saturated heterocycles. The van der Waals surface area contributed by atoms with Crippen LogP contribution in [0.4, 0.5) is 0 Å². The van der Waals surface area contributed by atoms with Crippen LogP contribution < -0.4 is 5.32 Å². The number of nitrogens with one attached hydrogen (secondary N) is 1. The highest BCUT2D eigenvalue weighted by molar-refractivity contribution is 5.85. The predicted molar refractivity (Wildman–Crippen MR) is 85.3 cm³/mol. The minimum atomic E-state index is 0. The van der Waals surface area contributed by atoms with Crippen LogP contribution in [-0.4, -0.2) is 51.9 Å². The summed E-state index contributed by atoms with van der Waals surface area (Å²) in [5.74, 6) is 1.15.